The molecule has 1 saturated heterocycles. The first kappa shape index (κ1) is 34.0. The third-order valence-corrected chi connectivity index (χ3v) is 13.5. The molecule has 8 rings (SSSR count). The van der Waals surface area contributed by atoms with Crippen LogP contribution in [0.4, 0.5) is 0 Å². The second-order valence-corrected chi connectivity index (χ2v) is 16.8. The van der Waals surface area contributed by atoms with Gasteiger partial charge in [-0.3, -0.25) is 14.5 Å². The average Bonchev–Trinajstić information content (AvgIpc) is 3.87. The van der Waals surface area contributed by atoms with E-state index in [9.17, 15) is 14.7 Å². The number of piperidine rings is 1. The number of phenols is 1. The van der Waals surface area contributed by atoms with E-state index >= 15 is 0 Å². The second kappa shape index (κ2) is 14.5. The molecule has 1 amide bonds. The Labute approximate surface area is 299 Å². The Morgan fingerprint density at radius 2 is 1.74 bits per heavy atom. The summed E-state index contributed by atoms with van der Waals surface area (Å²) < 4.78 is 12.9. The number of aromatic hydroxyl groups is 1. The molecule has 0 unspecified atom stereocenters. The molecule has 3 saturated carbocycles. The van der Waals surface area contributed by atoms with Gasteiger partial charge in [-0.1, -0.05) is 68.9 Å². The number of hydrogen-bond acceptors (Lipinski definition) is 6. The molecule has 2 bridgehead atoms. The first-order valence-corrected chi connectivity index (χ1v) is 20.2. The van der Waals surface area contributed by atoms with Gasteiger partial charge in [0, 0.05) is 55.1 Å². The van der Waals surface area contributed by atoms with Crippen molar-refractivity contribution in [3.05, 3.63) is 53.1 Å². The largest absolute Gasteiger partial charge is 0.508 e. The normalized spacial score (nSPS) is 28.5. The van der Waals surface area contributed by atoms with Crippen molar-refractivity contribution >= 4 is 11.9 Å². The molecule has 2 aromatic carbocycles. The van der Waals surface area contributed by atoms with Gasteiger partial charge in [0.15, 0.2) is 11.5 Å². The van der Waals surface area contributed by atoms with Crippen LogP contribution in [0.5, 0.6) is 17.2 Å². The van der Waals surface area contributed by atoms with E-state index in [1.807, 2.05) is 0 Å². The molecule has 0 aromatic heterocycles. The molecule has 50 heavy (non-hydrogen) atoms. The van der Waals surface area contributed by atoms with Crippen molar-refractivity contribution in [3.8, 4) is 17.2 Å². The minimum Gasteiger partial charge on any atom is -0.508 e. The van der Waals surface area contributed by atoms with E-state index in [0.29, 0.717) is 41.7 Å². The lowest BCUT2D eigenvalue weighted by Crippen LogP contribution is -2.69. The number of carbonyl (C=O) groups is 2. The molecule has 1 spiro atoms. The maximum Gasteiger partial charge on any atom is 0.308 e. The van der Waals surface area contributed by atoms with Crippen LogP contribution in [-0.4, -0.2) is 64.6 Å². The Morgan fingerprint density at radius 1 is 0.960 bits per heavy atom. The first-order valence-electron chi connectivity index (χ1n) is 20.2. The van der Waals surface area contributed by atoms with Crippen molar-refractivity contribution < 1.29 is 24.2 Å². The highest BCUT2D eigenvalue weighted by Gasteiger charge is 2.67. The van der Waals surface area contributed by atoms with Gasteiger partial charge in [0.1, 0.15) is 11.9 Å². The number of likely N-dealkylation sites (tertiary alicyclic amines) is 1. The lowest BCUT2D eigenvalue weighted by molar-refractivity contribution is -0.144. The van der Waals surface area contributed by atoms with E-state index < -0.39 is 5.97 Å². The van der Waals surface area contributed by atoms with Crippen LogP contribution < -0.4 is 9.47 Å². The SMILES string of the molecule is CC(=O)Oc1cc(O)c2c3c1O[C@H]1[C@@H](N(CC4CCCCC4)C(=O)CCCCCCCc4ccccc4)CC[C@H]4[C@@H](C2)N(CC2CC2)CC[C@@]341. The summed E-state index contributed by atoms with van der Waals surface area (Å²) in [4.78, 5) is 31.8. The number of amides is 1. The van der Waals surface area contributed by atoms with Crippen LogP contribution in [0, 0.1) is 17.8 Å². The standard InChI is InChI=1S/C43H58N2O5/c1-29(46)49-38-26-37(47)33-25-36-34-21-22-35(42-43(34,40(33)41(38)50-42)23-24-44(36)27-32-19-20-32)45(28-31-16-10-6-11-17-31)39(48)18-12-4-2-3-7-13-30-14-8-5-9-15-30/h5,8-9,14-15,26,31-32,34-36,42,47H,2-4,6-7,10-13,16-25,27-28H2,1H3/t34-,35-,36+,42-,43-/m0/s1. The number of benzene rings is 2. The number of aryl methyl sites for hydroxylation is 1. The highest BCUT2D eigenvalue weighted by atomic mass is 16.6. The van der Waals surface area contributed by atoms with Crippen molar-refractivity contribution in [1.29, 1.82) is 0 Å². The molecule has 7 nitrogen and oxygen atoms in total. The number of hydrogen-bond donors (Lipinski definition) is 1. The predicted molar refractivity (Wildman–Crippen MR) is 195 cm³/mol. The number of nitrogens with zero attached hydrogens (tertiary/aromatic N) is 2. The van der Waals surface area contributed by atoms with Gasteiger partial charge in [-0.15, -0.1) is 0 Å². The summed E-state index contributed by atoms with van der Waals surface area (Å²) in [6.07, 6.45) is 19.8. The fourth-order valence-electron chi connectivity index (χ4n) is 11.1. The van der Waals surface area contributed by atoms with Crippen molar-refractivity contribution in [3.63, 3.8) is 0 Å². The smallest absolute Gasteiger partial charge is 0.308 e. The van der Waals surface area contributed by atoms with Gasteiger partial charge in [-0.25, -0.2) is 0 Å². The van der Waals surface area contributed by atoms with Crippen molar-refractivity contribution in [1.82, 2.24) is 9.80 Å². The molecule has 4 fully saturated rings. The lowest BCUT2D eigenvalue weighted by atomic mass is 9.50. The van der Waals surface area contributed by atoms with E-state index in [0.717, 1.165) is 81.6 Å². The first-order chi connectivity index (χ1) is 24.4. The minimum atomic E-state index is -0.410. The minimum absolute atomic E-state index is 0.0205. The second-order valence-electron chi connectivity index (χ2n) is 16.8. The molecule has 4 aliphatic carbocycles. The zero-order valence-corrected chi connectivity index (χ0v) is 30.3. The quantitative estimate of drug-likeness (QED) is 0.123. The fraction of sp³-hybridized carbons (Fsp3) is 0.674. The van der Waals surface area contributed by atoms with Crippen LogP contribution in [0.2, 0.25) is 0 Å². The van der Waals surface area contributed by atoms with Gasteiger partial charge in [0.05, 0.1) is 6.04 Å². The van der Waals surface area contributed by atoms with E-state index in [2.05, 4.69) is 40.1 Å². The van der Waals surface area contributed by atoms with Gasteiger partial charge >= 0.3 is 5.97 Å². The number of esters is 1. The van der Waals surface area contributed by atoms with E-state index in [4.69, 9.17) is 9.47 Å². The number of carbonyl (C=O) groups excluding carboxylic acids is 2. The van der Waals surface area contributed by atoms with Crippen LogP contribution in [0.3, 0.4) is 0 Å². The lowest BCUT2D eigenvalue weighted by Gasteiger charge is -2.60. The Bertz CT molecular complexity index is 1530. The van der Waals surface area contributed by atoms with E-state index in [1.54, 1.807) is 6.07 Å². The predicted octanol–water partition coefficient (Wildman–Crippen LogP) is 8.13. The summed E-state index contributed by atoms with van der Waals surface area (Å²) in [5, 5.41) is 11.5. The highest BCUT2D eigenvalue weighted by Crippen LogP contribution is 2.66. The Hall–Kier alpha value is -3.06. The zero-order chi connectivity index (χ0) is 34.2. The zero-order valence-electron chi connectivity index (χ0n) is 30.3. The van der Waals surface area contributed by atoms with Gasteiger partial charge < -0.3 is 19.5 Å². The molecule has 2 aliphatic heterocycles. The number of ether oxygens (including phenoxy) is 2. The van der Waals surface area contributed by atoms with Crippen LogP contribution in [-0.2, 0) is 27.8 Å². The summed E-state index contributed by atoms with van der Waals surface area (Å²) in [5.41, 5.74) is 3.20. The van der Waals surface area contributed by atoms with Gasteiger partial charge in [-0.05, 0) is 100 Å². The molecule has 2 heterocycles. The van der Waals surface area contributed by atoms with Crippen LogP contribution in [0.15, 0.2) is 36.4 Å². The van der Waals surface area contributed by atoms with E-state index in [1.165, 1.54) is 76.7 Å². The highest BCUT2D eigenvalue weighted by molar-refractivity contribution is 5.77. The summed E-state index contributed by atoms with van der Waals surface area (Å²) in [6, 6.07) is 12.7. The monoisotopic (exact) mass is 682 g/mol. The third kappa shape index (κ3) is 6.57. The molecule has 7 heteroatoms. The average molecular weight is 683 g/mol. The summed E-state index contributed by atoms with van der Waals surface area (Å²) in [5.74, 6) is 2.85. The Morgan fingerprint density at radius 3 is 2.52 bits per heavy atom. The molecule has 2 aromatic rings. The molecule has 6 aliphatic rings. The topological polar surface area (TPSA) is 79.3 Å². The number of unbranched alkanes of at least 4 members (excludes halogenated alkanes) is 4. The molecular weight excluding hydrogens is 624 g/mol. The summed E-state index contributed by atoms with van der Waals surface area (Å²) >= 11 is 0. The van der Waals surface area contributed by atoms with E-state index in [-0.39, 0.29) is 23.3 Å². The number of rotatable bonds is 14. The summed E-state index contributed by atoms with van der Waals surface area (Å²) in [7, 11) is 0. The van der Waals surface area contributed by atoms with Crippen LogP contribution in [0.25, 0.3) is 0 Å². The molecule has 1 N–H and O–H groups in total. The van der Waals surface area contributed by atoms with Crippen molar-refractivity contribution in [2.24, 2.45) is 17.8 Å². The van der Waals surface area contributed by atoms with Crippen LogP contribution >= 0.6 is 0 Å². The van der Waals surface area contributed by atoms with Gasteiger partial charge in [0.2, 0.25) is 5.91 Å². The molecule has 0 radical (unpaired) electrons. The van der Waals surface area contributed by atoms with Gasteiger partial charge in [-0.2, -0.15) is 0 Å². The fourth-order valence-corrected chi connectivity index (χ4v) is 11.1. The summed E-state index contributed by atoms with van der Waals surface area (Å²) in [6.45, 7) is 4.40. The van der Waals surface area contributed by atoms with Crippen LogP contribution in [0.1, 0.15) is 126 Å². The number of phenolic OH excluding ortho intramolecular Hbond substituents is 1. The van der Waals surface area contributed by atoms with Crippen molar-refractivity contribution in [2.75, 3.05) is 19.6 Å². The maximum absolute atomic E-state index is 14.5. The Kier molecular flexibility index (Phi) is 9.89. The molecular formula is C43H58N2O5. The third-order valence-electron chi connectivity index (χ3n) is 13.5. The van der Waals surface area contributed by atoms with Gasteiger partial charge in [0.25, 0.3) is 0 Å². The van der Waals surface area contributed by atoms with Crippen molar-refractivity contribution in [2.45, 2.75) is 146 Å². The Balaban J connectivity index is 1.04. The molecule has 5 atom stereocenters. The maximum atomic E-state index is 14.5. The molecule has 270 valence electrons.